The number of hydrogen-bond donors (Lipinski definition) is 2. The predicted molar refractivity (Wildman–Crippen MR) is 163 cm³/mol. The lowest BCUT2D eigenvalue weighted by Crippen LogP contribution is -2.56. The van der Waals surface area contributed by atoms with E-state index in [0.717, 1.165) is 17.5 Å². The van der Waals surface area contributed by atoms with E-state index in [1.54, 1.807) is 31.7 Å². The molecule has 0 saturated carbocycles. The number of nitrogens with one attached hydrogen (secondary N) is 2. The summed E-state index contributed by atoms with van der Waals surface area (Å²) in [6.45, 7) is 12.9. The van der Waals surface area contributed by atoms with E-state index in [4.69, 9.17) is 9.47 Å². The summed E-state index contributed by atoms with van der Waals surface area (Å²) in [5.74, 6) is -1.19. The van der Waals surface area contributed by atoms with E-state index in [9.17, 15) is 19.2 Å². The maximum Gasteiger partial charge on any atom is 0.408 e. The van der Waals surface area contributed by atoms with Crippen LogP contribution in [0.25, 0.3) is 0 Å². The Kier molecular flexibility index (Phi) is 13.0. The van der Waals surface area contributed by atoms with Crippen LogP contribution in [-0.4, -0.2) is 60.1 Å². The van der Waals surface area contributed by atoms with Gasteiger partial charge in [0.1, 0.15) is 24.2 Å². The summed E-state index contributed by atoms with van der Waals surface area (Å²) in [5, 5.41) is 5.43. The minimum absolute atomic E-state index is 0.191. The molecule has 0 fully saturated rings. The average molecular weight is 582 g/mol. The number of rotatable bonds is 13. The summed E-state index contributed by atoms with van der Waals surface area (Å²) in [6, 6.07) is 14.3. The highest BCUT2D eigenvalue weighted by Gasteiger charge is 2.39. The predicted octanol–water partition coefficient (Wildman–Crippen LogP) is 5.11. The molecule has 0 heterocycles. The Balaban J connectivity index is 2.63. The van der Waals surface area contributed by atoms with Gasteiger partial charge in [0.2, 0.25) is 11.8 Å². The molecule has 2 N–H and O–H groups in total. The van der Waals surface area contributed by atoms with E-state index in [-0.39, 0.29) is 19.0 Å². The Hall–Kier alpha value is -3.88. The van der Waals surface area contributed by atoms with Crippen LogP contribution < -0.4 is 10.6 Å². The smallest absolute Gasteiger partial charge is 0.408 e. The van der Waals surface area contributed by atoms with Crippen molar-refractivity contribution in [2.24, 2.45) is 5.92 Å². The lowest BCUT2D eigenvalue weighted by atomic mass is 9.95. The molecule has 0 aromatic heterocycles. The van der Waals surface area contributed by atoms with Gasteiger partial charge in [-0.2, -0.15) is 0 Å². The summed E-state index contributed by atoms with van der Waals surface area (Å²) >= 11 is 0. The van der Waals surface area contributed by atoms with Crippen LogP contribution >= 0.6 is 0 Å². The van der Waals surface area contributed by atoms with Gasteiger partial charge >= 0.3 is 12.1 Å². The molecule has 2 aromatic rings. The van der Waals surface area contributed by atoms with Gasteiger partial charge in [0, 0.05) is 12.5 Å². The topological polar surface area (TPSA) is 114 Å². The van der Waals surface area contributed by atoms with Crippen molar-refractivity contribution in [3.63, 3.8) is 0 Å². The Morgan fingerprint density at radius 1 is 0.929 bits per heavy atom. The van der Waals surface area contributed by atoms with E-state index in [2.05, 4.69) is 24.5 Å². The minimum atomic E-state index is -1.07. The maximum absolute atomic E-state index is 14.6. The van der Waals surface area contributed by atoms with Crippen LogP contribution in [0.2, 0.25) is 0 Å². The Morgan fingerprint density at radius 2 is 1.60 bits per heavy atom. The van der Waals surface area contributed by atoms with Crippen molar-refractivity contribution >= 4 is 23.9 Å². The molecule has 42 heavy (non-hydrogen) atoms. The largest absolute Gasteiger partial charge is 0.468 e. The van der Waals surface area contributed by atoms with E-state index < -0.39 is 41.6 Å². The third kappa shape index (κ3) is 11.2. The number of alkyl carbamates (subject to hydrolysis) is 1. The second-order valence-electron chi connectivity index (χ2n) is 12.1. The summed E-state index contributed by atoms with van der Waals surface area (Å²) in [7, 11) is 1.24. The first-order valence-electron chi connectivity index (χ1n) is 14.5. The number of methoxy groups -OCH3 is 1. The van der Waals surface area contributed by atoms with Crippen molar-refractivity contribution in [1.82, 2.24) is 15.5 Å². The summed E-state index contributed by atoms with van der Waals surface area (Å²) in [5.41, 5.74) is 1.57. The third-order valence-electron chi connectivity index (χ3n) is 6.68. The van der Waals surface area contributed by atoms with Crippen molar-refractivity contribution in [3.8, 4) is 0 Å². The third-order valence-corrected chi connectivity index (χ3v) is 6.68. The van der Waals surface area contributed by atoms with Gasteiger partial charge in [-0.1, -0.05) is 74.0 Å². The van der Waals surface area contributed by atoms with E-state index >= 15 is 0 Å². The van der Waals surface area contributed by atoms with Crippen molar-refractivity contribution in [2.45, 2.75) is 91.5 Å². The second-order valence-corrected chi connectivity index (χ2v) is 12.1. The molecule has 0 aliphatic rings. The Morgan fingerprint density at radius 3 is 2.17 bits per heavy atom. The van der Waals surface area contributed by atoms with Gasteiger partial charge in [0.25, 0.3) is 0 Å². The van der Waals surface area contributed by atoms with E-state index in [0.29, 0.717) is 17.9 Å². The van der Waals surface area contributed by atoms with Gasteiger partial charge in [-0.05, 0) is 64.5 Å². The maximum atomic E-state index is 14.6. The number of hydrogen-bond acceptors (Lipinski definition) is 6. The number of amides is 3. The highest BCUT2D eigenvalue weighted by molar-refractivity contribution is 5.93. The van der Waals surface area contributed by atoms with Crippen LogP contribution in [0.4, 0.5) is 4.79 Å². The Labute approximate surface area is 250 Å². The number of ether oxygens (including phenoxy) is 2. The van der Waals surface area contributed by atoms with Gasteiger partial charge in [-0.3, -0.25) is 14.4 Å². The number of aryl methyl sites for hydroxylation is 1. The van der Waals surface area contributed by atoms with Gasteiger partial charge < -0.3 is 25.0 Å². The molecule has 2 aromatic carbocycles. The first-order valence-corrected chi connectivity index (χ1v) is 14.5. The fourth-order valence-electron chi connectivity index (χ4n) is 4.60. The van der Waals surface area contributed by atoms with Crippen LogP contribution in [0.5, 0.6) is 0 Å². The quantitative estimate of drug-likeness (QED) is 0.318. The zero-order valence-electron chi connectivity index (χ0n) is 26.2. The molecule has 2 rings (SSSR count). The summed E-state index contributed by atoms with van der Waals surface area (Å²) in [6.07, 6.45) is 0.906. The van der Waals surface area contributed by atoms with E-state index in [1.807, 2.05) is 62.4 Å². The molecule has 9 nitrogen and oxygen atoms in total. The fraction of sp³-hybridized carbons (Fsp3) is 0.515. The van der Waals surface area contributed by atoms with Gasteiger partial charge in [0.15, 0.2) is 0 Å². The first kappa shape index (κ1) is 34.3. The SMILES string of the molecule is COC(=O)CNC(=O)C(c1cccc(C)c1)N(C(=O)C(Cc1ccccc1)NC(=O)OC(C)(C)C)C(C)CCC(C)C. The summed E-state index contributed by atoms with van der Waals surface area (Å²) < 4.78 is 10.2. The highest BCUT2D eigenvalue weighted by Crippen LogP contribution is 2.28. The van der Waals surface area contributed by atoms with Gasteiger partial charge in [-0.25, -0.2) is 4.79 Å². The molecule has 0 aliphatic heterocycles. The van der Waals surface area contributed by atoms with Gasteiger partial charge in [-0.15, -0.1) is 0 Å². The number of esters is 1. The van der Waals surface area contributed by atoms with Gasteiger partial charge in [0.05, 0.1) is 7.11 Å². The standard InChI is InChI=1S/C33H47N3O6/c1-22(2)17-18-24(4)36(29(26-16-12-13-23(3)19-26)30(38)34-21-28(37)41-8)31(39)27(20-25-14-10-9-11-15-25)35-32(40)42-33(5,6)7/h9-16,19,22,24,27,29H,17-18,20-21H2,1-8H3,(H,34,38)(H,35,40). The zero-order chi connectivity index (χ0) is 31.4. The number of nitrogens with zero attached hydrogens (tertiary/aromatic N) is 1. The first-order chi connectivity index (χ1) is 19.7. The van der Waals surface area contributed by atoms with Crippen molar-refractivity contribution in [1.29, 1.82) is 0 Å². The molecule has 0 saturated heterocycles. The zero-order valence-corrected chi connectivity index (χ0v) is 26.2. The van der Waals surface area contributed by atoms with Crippen molar-refractivity contribution in [3.05, 3.63) is 71.3 Å². The normalized spacial score (nSPS) is 13.5. The fourth-order valence-corrected chi connectivity index (χ4v) is 4.60. The molecule has 230 valence electrons. The van der Waals surface area contributed by atoms with Crippen LogP contribution in [-0.2, 0) is 30.3 Å². The lowest BCUT2D eigenvalue weighted by Gasteiger charge is -2.39. The lowest BCUT2D eigenvalue weighted by molar-refractivity contribution is -0.146. The molecule has 3 amide bonds. The van der Waals surface area contributed by atoms with Crippen molar-refractivity contribution in [2.75, 3.05) is 13.7 Å². The van der Waals surface area contributed by atoms with Crippen LogP contribution in [0.1, 0.15) is 77.1 Å². The average Bonchev–Trinajstić information content (AvgIpc) is 2.91. The molecule has 3 unspecified atom stereocenters. The van der Waals surface area contributed by atoms with Crippen LogP contribution in [0.15, 0.2) is 54.6 Å². The molecule has 3 atom stereocenters. The molecule has 0 bridgehead atoms. The molecule has 0 aliphatic carbocycles. The molecular formula is C33H47N3O6. The van der Waals surface area contributed by atoms with E-state index in [1.165, 1.54) is 7.11 Å². The molecule has 9 heteroatoms. The molecule has 0 radical (unpaired) electrons. The monoisotopic (exact) mass is 581 g/mol. The minimum Gasteiger partial charge on any atom is -0.468 e. The number of carbonyl (C=O) groups excluding carboxylic acids is 4. The van der Waals surface area contributed by atoms with Crippen LogP contribution in [0, 0.1) is 12.8 Å². The second kappa shape index (κ2) is 15.9. The summed E-state index contributed by atoms with van der Waals surface area (Å²) in [4.78, 5) is 54.9. The number of benzene rings is 2. The van der Waals surface area contributed by atoms with Crippen molar-refractivity contribution < 1.29 is 28.7 Å². The Bertz CT molecular complexity index is 1190. The number of carbonyl (C=O) groups is 4. The molecular weight excluding hydrogens is 534 g/mol. The van der Waals surface area contributed by atoms with Crippen LogP contribution in [0.3, 0.4) is 0 Å². The molecule has 0 spiro atoms. The highest BCUT2D eigenvalue weighted by atomic mass is 16.6.